The minimum absolute atomic E-state index is 0.125. The summed E-state index contributed by atoms with van der Waals surface area (Å²) in [5.74, 6) is 1.34. The van der Waals surface area contributed by atoms with E-state index in [1.54, 1.807) is 33.2 Å². The predicted octanol–water partition coefficient (Wildman–Crippen LogP) is 1.47. The van der Waals surface area contributed by atoms with Gasteiger partial charge in [0.1, 0.15) is 0 Å². The van der Waals surface area contributed by atoms with Crippen LogP contribution in [-0.4, -0.2) is 39.2 Å². The van der Waals surface area contributed by atoms with Crippen LogP contribution in [0.25, 0.3) is 0 Å². The van der Waals surface area contributed by atoms with Crippen molar-refractivity contribution in [2.24, 2.45) is 0 Å². The first-order valence-corrected chi connectivity index (χ1v) is 5.26. The maximum absolute atomic E-state index is 11.4. The van der Waals surface area contributed by atoms with Crippen molar-refractivity contribution in [2.45, 2.75) is 6.54 Å². The van der Waals surface area contributed by atoms with Gasteiger partial charge < -0.3 is 19.7 Å². The minimum atomic E-state index is -0.125. The number of hydrogen-bond acceptors (Lipinski definition) is 3. The second kappa shape index (κ2) is 5.98. The summed E-state index contributed by atoms with van der Waals surface area (Å²) in [6, 6.07) is 5.46. The first kappa shape index (κ1) is 13.2. The van der Waals surface area contributed by atoms with Crippen molar-refractivity contribution in [1.29, 1.82) is 0 Å². The first-order chi connectivity index (χ1) is 8.12. The van der Waals surface area contributed by atoms with Crippen LogP contribution in [0.1, 0.15) is 5.56 Å². The Hall–Kier alpha value is -1.91. The average Bonchev–Trinajstić information content (AvgIpc) is 2.37. The number of hydrogen-bond donors (Lipinski definition) is 1. The van der Waals surface area contributed by atoms with Crippen molar-refractivity contribution in [3.8, 4) is 11.5 Å². The molecule has 94 valence electrons. The highest BCUT2D eigenvalue weighted by molar-refractivity contribution is 5.73. The Labute approximate surface area is 101 Å². The number of carbonyl (C=O) groups is 1. The molecule has 17 heavy (non-hydrogen) atoms. The van der Waals surface area contributed by atoms with Crippen molar-refractivity contribution >= 4 is 6.03 Å². The zero-order valence-corrected chi connectivity index (χ0v) is 10.6. The molecular weight excluding hydrogens is 220 g/mol. The van der Waals surface area contributed by atoms with Gasteiger partial charge in [0.05, 0.1) is 14.2 Å². The van der Waals surface area contributed by atoms with Crippen LogP contribution in [0.4, 0.5) is 4.79 Å². The highest BCUT2D eigenvalue weighted by Gasteiger charge is 2.09. The van der Waals surface area contributed by atoms with Crippen LogP contribution >= 0.6 is 0 Å². The van der Waals surface area contributed by atoms with Gasteiger partial charge in [0, 0.05) is 20.6 Å². The van der Waals surface area contributed by atoms with Gasteiger partial charge >= 0.3 is 6.03 Å². The van der Waals surface area contributed by atoms with Gasteiger partial charge in [-0.15, -0.1) is 0 Å². The summed E-state index contributed by atoms with van der Waals surface area (Å²) in [5, 5.41) is 2.57. The number of ether oxygens (including phenoxy) is 2. The van der Waals surface area contributed by atoms with Gasteiger partial charge in [-0.1, -0.05) is 6.07 Å². The molecule has 5 heteroatoms. The zero-order valence-electron chi connectivity index (χ0n) is 10.6. The smallest absolute Gasteiger partial charge is 0.317 e. The standard InChI is InChI=1S/C12H18N2O3/c1-13-12(15)14(2)8-9-5-6-10(16-3)11(7-9)17-4/h5-7H,8H2,1-4H3,(H,13,15). The Morgan fingerprint density at radius 3 is 2.47 bits per heavy atom. The van der Waals surface area contributed by atoms with E-state index in [-0.39, 0.29) is 6.03 Å². The van der Waals surface area contributed by atoms with Crippen LogP contribution in [0.3, 0.4) is 0 Å². The second-order valence-electron chi connectivity index (χ2n) is 3.60. The Morgan fingerprint density at radius 1 is 1.29 bits per heavy atom. The van der Waals surface area contributed by atoms with Gasteiger partial charge in [0.2, 0.25) is 0 Å². The Balaban J connectivity index is 2.82. The van der Waals surface area contributed by atoms with E-state index in [0.29, 0.717) is 18.0 Å². The lowest BCUT2D eigenvalue weighted by molar-refractivity contribution is 0.209. The molecule has 0 atom stereocenters. The Kier molecular flexibility index (Phi) is 4.63. The fraction of sp³-hybridized carbons (Fsp3) is 0.417. The van der Waals surface area contributed by atoms with Gasteiger partial charge in [-0.05, 0) is 17.7 Å². The third-order valence-corrected chi connectivity index (χ3v) is 2.43. The largest absolute Gasteiger partial charge is 0.493 e. The van der Waals surface area contributed by atoms with Crippen LogP contribution in [-0.2, 0) is 6.54 Å². The summed E-state index contributed by atoms with van der Waals surface area (Å²) in [6.07, 6.45) is 0. The molecule has 1 N–H and O–H groups in total. The molecule has 0 radical (unpaired) electrons. The van der Waals surface area contributed by atoms with Crippen LogP contribution in [0.5, 0.6) is 11.5 Å². The quantitative estimate of drug-likeness (QED) is 0.864. The fourth-order valence-corrected chi connectivity index (χ4v) is 1.52. The molecule has 1 rings (SSSR count). The highest BCUT2D eigenvalue weighted by atomic mass is 16.5. The van der Waals surface area contributed by atoms with E-state index < -0.39 is 0 Å². The van der Waals surface area contributed by atoms with Gasteiger partial charge in [0.15, 0.2) is 11.5 Å². The molecule has 0 aliphatic heterocycles. The SMILES string of the molecule is CNC(=O)N(C)Cc1ccc(OC)c(OC)c1. The maximum atomic E-state index is 11.4. The van der Waals surface area contributed by atoms with Crippen molar-refractivity contribution in [2.75, 3.05) is 28.3 Å². The summed E-state index contributed by atoms with van der Waals surface area (Å²) in [4.78, 5) is 12.9. The molecule has 0 aliphatic rings. The molecule has 2 amide bonds. The lowest BCUT2D eigenvalue weighted by atomic mass is 10.2. The van der Waals surface area contributed by atoms with E-state index in [1.807, 2.05) is 18.2 Å². The molecule has 0 aromatic heterocycles. The summed E-state index contributed by atoms with van der Waals surface area (Å²) >= 11 is 0. The molecular formula is C12H18N2O3. The van der Waals surface area contributed by atoms with Crippen molar-refractivity contribution < 1.29 is 14.3 Å². The van der Waals surface area contributed by atoms with E-state index in [9.17, 15) is 4.79 Å². The lowest BCUT2D eigenvalue weighted by Gasteiger charge is -2.17. The number of urea groups is 1. The Bertz CT molecular complexity index is 393. The number of carbonyl (C=O) groups excluding carboxylic acids is 1. The number of methoxy groups -OCH3 is 2. The third kappa shape index (κ3) is 3.27. The summed E-state index contributed by atoms with van der Waals surface area (Å²) in [6.45, 7) is 0.514. The lowest BCUT2D eigenvalue weighted by Crippen LogP contribution is -2.34. The van der Waals surface area contributed by atoms with Crippen molar-refractivity contribution in [3.05, 3.63) is 23.8 Å². The third-order valence-electron chi connectivity index (χ3n) is 2.43. The Morgan fingerprint density at radius 2 is 1.94 bits per heavy atom. The number of amides is 2. The van der Waals surface area contributed by atoms with Crippen LogP contribution in [0.15, 0.2) is 18.2 Å². The normalized spacial score (nSPS) is 9.65. The molecule has 0 saturated carbocycles. The van der Waals surface area contributed by atoms with Gasteiger partial charge in [-0.2, -0.15) is 0 Å². The topological polar surface area (TPSA) is 50.8 Å². The summed E-state index contributed by atoms with van der Waals surface area (Å²) in [5.41, 5.74) is 0.980. The van der Waals surface area contributed by atoms with Gasteiger partial charge in [-0.3, -0.25) is 0 Å². The molecule has 0 bridgehead atoms. The number of nitrogens with one attached hydrogen (secondary N) is 1. The van der Waals surface area contributed by atoms with Crippen molar-refractivity contribution in [3.63, 3.8) is 0 Å². The molecule has 0 unspecified atom stereocenters. The van der Waals surface area contributed by atoms with E-state index in [2.05, 4.69) is 5.32 Å². The first-order valence-electron chi connectivity index (χ1n) is 5.26. The van der Waals surface area contributed by atoms with Crippen LogP contribution in [0, 0.1) is 0 Å². The van der Waals surface area contributed by atoms with Crippen LogP contribution in [0.2, 0.25) is 0 Å². The number of rotatable bonds is 4. The zero-order chi connectivity index (χ0) is 12.8. The molecule has 0 aliphatic carbocycles. The molecule has 0 fully saturated rings. The molecule has 0 heterocycles. The molecule has 1 aromatic rings. The van der Waals surface area contributed by atoms with E-state index in [4.69, 9.17) is 9.47 Å². The minimum Gasteiger partial charge on any atom is -0.493 e. The monoisotopic (exact) mass is 238 g/mol. The number of nitrogens with zero attached hydrogens (tertiary/aromatic N) is 1. The maximum Gasteiger partial charge on any atom is 0.317 e. The van der Waals surface area contributed by atoms with Crippen molar-refractivity contribution in [1.82, 2.24) is 10.2 Å². The van der Waals surface area contributed by atoms with E-state index >= 15 is 0 Å². The average molecular weight is 238 g/mol. The summed E-state index contributed by atoms with van der Waals surface area (Å²) < 4.78 is 10.3. The molecule has 0 saturated heterocycles. The van der Waals surface area contributed by atoms with E-state index in [1.165, 1.54) is 0 Å². The molecule has 1 aromatic carbocycles. The highest BCUT2D eigenvalue weighted by Crippen LogP contribution is 2.27. The molecule has 5 nitrogen and oxygen atoms in total. The van der Waals surface area contributed by atoms with Gasteiger partial charge in [0.25, 0.3) is 0 Å². The second-order valence-corrected chi connectivity index (χ2v) is 3.60. The predicted molar refractivity (Wildman–Crippen MR) is 65.5 cm³/mol. The van der Waals surface area contributed by atoms with Crippen LogP contribution < -0.4 is 14.8 Å². The van der Waals surface area contributed by atoms with E-state index in [0.717, 1.165) is 5.56 Å². The molecule has 0 spiro atoms. The number of benzene rings is 1. The summed E-state index contributed by atoms with van der Waals surface area (Å²) in [7, 11) is 6.52. The van der Waals surface area contributed by atoms with Gasteiger partial charge in [-0.25, -0.2) is 4.79 Å². The fourth-order valence-electron chi connectivity index (χ4n) is 1.52.